The molecule has 0 bridgehead atoms. The van der Waals surface area contributed by atoms with Gasteiger partial charge < -0.3 is 4.98 Å². The van der Waals surface area contributed by atoms with Crippen molar-refractivity contribution in [1.82, 2.24) is 29.5 Å². The van der Waals surface area contributed by atoms with Gasteiger partial charge in [-0.2, -0.15) is 12.6 Å². The second kappa shape index (κ2) is 7.19. The van der Waals surface area contributed by atoms with Gasteiger partial charge in [-0.25, -0.2) is 19.9 Å². The van der Waals surface area contributed by atoms with Crippen LogP contribution < -0.4 is 5.56 Å². The van der Waals surface area contributed by atoms with Crippen LogP contribution in [0.5, 0.6) is 0 Å². The molecule has 1 N–H and O–H groups in total. The summed E-state index contributed by atoms with van der Waals surface area (Å²) in [6.45, 7) is 4.14. The molecule has 30 heavy (non-hydrogen) atoms. The summed E-state index contributed by atoms with van der Waals surface area (Å²) in [6.07, 6.45) is 8.37. The van der Waals surface area contributed by atoms with Gasteiger partial charge in [0.05, 0.1) is 22.9 Å². The Hall–Kier alpha value is -2.74. The number of fused-ring (bicyclic) bond motifs is 2. The van der Waals surface area contributed by atoms with Crippen molar-refractivity contribution in [2.24, 2.45) is 0 Å². The number of hydrogen-bond donors (Lipinski definition) is 2. The summed E-state index contributed by atoms with van der Waals surface area (Å²) < 4.78 is 1.91. The molecule has 1 unspecified atom stereocenters. The first-order valence-electron chi connectivity index (χ1n) is 10.3. The fourth-order valence-electron chi connectivity index (χ4n) is 4.77. The normalized spacial score (nSPS) is 17.4. The van der Waals surface area contributed by atoms with Gasteiger partial charge in [-0.15, -0.1) is 0 Å². The quantitative estimate of drug-likeness (QED) is 0.488. The number of hydrogen-bond acceptors (Lipinski definition) is 6. The van der Waals surface area contributed by atoms with Crippen LogP contribution in [0.4, 0.5) is 0 Å². The van der Waals surface area contributed by atoms with E-state index < -0.39 is 5.25 Å². The third kappa shape index (κ3) is 2.93. The Labute approximate surface area is 179 Å². The maximum absolute atomic E-state index is 13.9. The molecule has 3 aromatic heterocycles. The summed E-state index contributed by atoms with van der Waals surface area (Å²) in [4.78, 5) is 34.9. The molecule has 7 nitrogen and oxygen atoms in total. The molecule has 0 spiro atoms. The van der Waals surface area contributed by atoms with Crippen LogP contribution in [0.2, 0.25) is 0 Å². The third-order valence-electron chi connectivity index (χ3n) is 6.36. The van der Waals surface area contributed by atoms with Crippen LogP contribution in [0.15, 0.2) is 35.6 Å². The van der Waals surface area contributed by atoms with Crippen LogP contribution >= 0.6 is 12.6 Å². The van der Waals surface area contributed by atoms with Crippen molar-refractivity contribution in [2.45, 2.75) is 56.7 Å². The summed E-state index contributed by atoms with van der Waals surface area (Å²) in [6, 6.07) is 5.80. The fraction of sp³-hybridized carbons (Fsp3) is 0.409. The van der Waals surface area contributed by atoms with E-state index in [-0.39, 0.29) is 11.1 Å². The number of benzene rings is 1. The highest BCUT2D eigenvalue weighted by molar-refractivity contribution is 7.80. The van der Waals surface area contributed by atoms with Crippen LogP contribution in [0.25, 0.3) is 22.1 Å². The Balaban J connectivity index is 1.81. The maximum atomic E-state index is 13.9. The number of aromatic nitrogens is 6. The predicted molar refractivity (Wildman–Crippen MR) is 120 cm³/mol. The molecule has 0 aliphatic heterocycles. The maximum Gasteiger partial charge on any atom is 0.262 e. The van der Waals surface area contributed by atoms with Crippen LogP contribution in [0.3, 0.4) is 0 Å². The Morgan fingerprint density at radius 2 is 1.97 bits per heavy atom. The van der Waals surface area contributed by atoms with Crippen molar-refractivity contribution in [3.05, 3.63) is 58.3 Å². The second-order valence-electron chi connectivity index (χ2n) is 8.40. The standard InChI is InChI=1S/C22H24N6OS/c1-13-7-6-8-14-15(13)21(29)28(22(2)9-4-3-5-10-22)20(27-14)18(30)16-17-19(25-11-23-16)26-12-24-17/h6-8,11-12,18,30H,3-5,9-10H2,1-2H3,(H,23,24,25,26). The molecule has 1 saturated carbocycles. The summed E-state index contributed by atoms with van der Waals surface area (Å²) in [5, 5.41) is 0.190. The van der Waals surface area contributed by atoms with E-state index in [1.165, 1.54) is 12.7 Å². The molecule has 8 heteroatoms. The van der Waals surface area contributed by atoms with E-state index in [4.69, 9.17) is 17.6 Å². The lowest BCUT2D eigenvalue weighted by atomic mass is 9.82. The Kier molecular flexibility index (Phi) is 4.61. The monoisotopic (exact) mass is 420 g/mol. The van der Waals surface area contributed by atoms with Gasteiger partial charge in [0, 0.05) is 5.54 Å². The number of aromatic amines is 1. The van der Waals surface area contributed by atoms with Gasteiger partial charge in [-0.05, 0) is 38.3 Å². The molecule has 154 valence electrons. The first kappa shape index (κ1) is 19.2. The van der Waals surface area contributed by atoms with Crippen molar-refractivity contribution < 1.29 is 0 Å². The first-order valence-corrected chi connectivity index (χ1v) is 10.9. The van der Waals surface area contributed by atoms with E-state index in [9.17, 15) is 4.79 Å². The fourth-order valence-corrected chi connectivity index (χ4v) is 5.14. The molecular formula is C22H24N6OS. The number of rotatable bonds is 3. The lowest BCUT2D eigenvalue weighted by Crippen LogP contribution is -2.43. The summed E-state index contributed by atoms with van der Waals surface area (Å²) in [5.41, 5.74) is 3.32. The van der Waals surface area contributed by atoms with Crippen LogP contribution in [-0.2, 0) is 5.54 Å². The van der Waals surface area contributed by atoms with Crippen molar-refractivity contribution in [2.75, 3.05) is 0 Å². The topological polar surface area (TPSA) is 89.3 Å². The highest BCUT2D eigenvalue weighted by atomic mass is 32.1. The zero-order valence-corrected chi connectivity index (χ0v) is 18.0. The molecule has 5 rings (SSSR count). The lowest BCUT2D eigenvalue weighted by molar-refractivity contribution is 0.206. The largest absolute Gasteiger partial charge is 0.342 e. The van der Waals surface area contributed by atoms with E-state index in [0.717, 1.165) is 36.8 Å². The van der Waals surface area contributed by atoms with Gasteiger partial charge in [0.2, 0.25) is 0 Å². The number of thiol groups is 1. The number of nitrogens with zero attached hydrogens (tertiary/aromatic N) is 5. The summed E-state index contributed by atoms with van der Waals surface area (Å²) >= 11 is 4.93. The lowest BCUT2D eigenvalue weighted by Gasteiger charge is -2.38. The molecule has 0 saturated heterocycles. The second-order valence-corrected chi connectivity index (χ2v) is 8.92. The third-order valence-corrected chi connectivity index (χ3v) is 6.83. The molecule has 1 aromatic carbocycles. The van der Waals surface area contributed by atoms with E-state index in [0.29, 0.717) is 28.1 Å². The Morgan fingerprint density at radius 1 is 1.17 bits per heavy atom. The number of nitrogens with one attached hydrogen (secondary N) is 1. The molecule has 0 radical (unpaired) electrons. The van der Waals surface area contributed by atoms with Crippen LogP contribution in [0.1, 0.15) is 61.4 Å². The van der Waals surface area contributed by atoms with Gasteiger partial charge in [0.25, 0.3) is 5.56 Å². The van der Waals surface area contributed by atoms with E-state index in [1.807, 2.05) is 29.7 Å². The number of aryl methyl sites for hydroxylation is 1. The predicted octanol–water partition coefficient (Wildman–Crippen LogP) is 4.07. The molecule has 4 aromatic rings. The molecule has 1 atom stereocenters. The summed E-state index contributed by atoms with van der Waals surface area (Å²) in [5.74, 6) is 0.625. The Morgan fingerprint density at radius 3 is 2.77 bits per heavy atom. The van der Waals surface area contributed by atoms with Crippen molar-refractivity contribution in [3.8, 4) is 0 Å². The molecular weight excluding hydrogens is 396 g/mol. The van der Waals surface area contributed by atoms with Crippen LogP contribution in [0, 0.1) is 6.92 Å². The highest BCUT2D eigenvalue weighted by Crippen LogP contribution is 2.38. The number of H-pyrrole nitrogens is 1. The van der Waals surface area contributed by atoms with Gasteiger partial charge in [-0.1, -0.05) is 31.4 Å². The van der Waals surface area contributed by atoms with Crippen LogP contribution in [-0.4, -0.2) is 29.5 Å². The molecule has 0 amide bonds. The highest BCUT2D eigenvalue weighted by Gasteiger charge is 2.35. The molecule has 1 aliphatic carbocycles. The molecule has 1 fully saturated rings. The van der Waals surface area contributed by atoms with E-state index in [2.05, 4.69) is 26.9 Å². The zero-order chi connectivity index (χ0) is 20.9. The van der Waals surface area contributed by atoms with Crippen molar-refractivity contribution >= 4 is 34.7 Å². The first-order chi connectivity index (χ1) is 14.5. The van der Waals surface area contributed by atoms with Crippen molar-refractivity contribution in [3.63, 3.8) is 0 Å². The SMILES string of the molecule is Cc1cccc2nc(C(S)c3ncnc4nc[nH]c34)n(C3(C)CCCCC3)c(=O)c12. The van der Waals surface area contributed by atoms with Crippen molar-refractivity contribution in [1.29, 1.82) is 0 Å². The minimum atomic E-state index is -0.493. The Bertz CT molecular complexity index is 1300. The summed E-state index contributed by atoms with van der Waals surface area (Å²) in [7, 11) is 0. The van der Waals surface area contributed by atoms with Gasteiger partial charge in [-0.3, -0.25) is 9.36 Å². The van der Waals surface area contributed by atoms with Gasteiger partial charge in [0.15, 0.2) is 5.65 Å². The minimum absolute atomic E-state index is 0.00598. The molecule has 1 aliphatic rings. The van der Waals surface area contributed by atoms with Gasteiger partial charge in [0.1, 0.15) is 22.9 Å². The minimum Gasteiger partial charge on any atom is -0.342 e. The van der Waals surface area contributed by atoms with E-state index in [1.54, 1.807) is 6.33 Å². The van der Waals surface area contributed by atoms with E-state index >= 15 is 0 Å². The van der Waals surface area contributed by atoms with Gasteiger partial charge >= 0.3 is 0 Å². The average molecular weight is 421 g/mol. The number of imidazole rings is 1. The molecule has 3 heterocycles. The smallest absolute Gasteiger partial charge is 0.262 e. The average Bonchev–Trinajstić information content (AvgIpc) is 3.22. The zero-order valence-electron chi connectivity index (χ0n) is 17.1.